The molecule has 1 aromatic carbocycles. The number of aromatic amines is 1. The van der Waals surface area contributed by atoms with Gasteiger partial charge in [-0.15, -0.1) is 5.10 Å². The van der Waals surface area contributed by atoms with Crippen molar-refractivity contribution in [2.24, 2.45) is 5.73 Å². The van der Waals surface area contributed by atoms with E-state index in [0.717, 1.165) is 28.7 Å². The van der Waals surface area contributed by atoms with Gasteiger partial charge in [-0.3, -0.25) is 5.10 Å². The third-order valence-electron chi connectivity index (χ3n) is 2.78. The molecule has 18 heavy (non-hydrogen) atoms. The maximum Gasteiger partial charge on any atom is 0.208 e. The number of nitrogens with one attached hydrogen (secondary N) is 1. The number of benzene rings is 1. The van der Waals surface area contributed by atoms with Crippen LogP contribution in [0.1, 0.15) is 29.9 Å². The van der Waals surface area contributed by atoms with Crippen LogP contribution in [0, 0.1) is 6.92 Å². The zero-order valence-electron chi connectivity index (χ0n) is 10.7. The van der Waals surface area contributed by atoms with Crippen molar-refractivity contribution < 1.29 is 0 Å². The number of nitrogens with two attached hydrogens (primary N) is 1. The molecular weight excluding hydrogens is 244 g/mol. The summed E-state index contributed by atoms with van der Waals surface area (Å²) in [6, 6.07) is 8.49. The van der Waals surface area contributed by atoms with Gasteiger partial charge in [0.25, 0.3) is 0 Å². The highest BCUT2D eigenvalue weighted by Crippen LogP contribution is 2.20. The Morgan fingerprint density at radius 3 is 2.61 bits per heavy atom. The molecule has 0 aliphatic heterocycles. The summed E-state index contributed by atoms with van der Waals surface area (Å²) in [5, 5.41) is 7.66. The molecule has 4 nitrogen and oxygen atoms in total. The molecule has 1 atom stereocenters. The SMILES string of the molecule is CCc1ccc(C(N)CSc2n[nH]c(C)n2)cc1. The summed E-state index contributed by atoms with van der Waals surface area (Å²) in [4.78, 5) is 4.24. The smallest absolute Gasteiger partial charge is 0.208 e. The predicted octanol–water partition coefficient (Wildman–Crippen LogP) is 2.47. The lowest BCUT2D eigenvalue weighted by molar-refractivity contribution is 0.826. The third kappa shape index (κ3) is 3.34. The highest BCUT2D eigenvalue weighted by Gasteiger charge is 2.08. The second-order valence-electron chi connectivity index (χ2n) is 4.22. The standard InChI is InChI=1S/C13H18N4S/c1-3-10-4-6-11(7-5-10)12(14)8-18-13-15-9(2)16-17-13/h4-7,12H,3,8,14H2,1-2H3,(H,15,16,17). The quantitative estimate of drug-likeness (QED) is 0.812. The third-order valence-corrected chi connectivity index (χ3v) is 3.75. The van der Waals surface area contributed by atoms with Crippen LogP contribution in [0.15, 0.2) is 29.4 Å². The summed E-state index contributed by atoms with van der Waals surface area (Å²) in [6.45, 7) is 4.04. The van der Waals surface area contributed by atoms with Crippen LogP contribution in [0.25, 0.3) is 0 Å². The van der Waals surface area contributed by atoms with E-state index in [4.69, 9.17) is 5.73 Å². The van der Waals surface area contributed by atoms with Crippen molar-refractivity contribution >= 4 is 11.8 Å². The van der Waals surface area contributed by atoms with Crippen molar-refractivity contribution in [3.63, 3.8) is 0 Å². The number of aryl methyl sites for hydroxylation is 2. The second-order valence-corrected chi connectivity index (χ2v) is 5.20. The Balaban J connectivity index is 1.92. The molecule has 3 N–H and O–H groups in total. The number of H-pyrrole nitrogens is 1. The van der Waals surface area contributed by atoms with E-state index in [2.05, 4.69) is 46.4 Å². The van der Waals surface area contributed by atoms with E-state index in [9.17, 15) is 0 Å². The molecule has 2 rings (SSSR count). The van der Waals surface area contributed by atoms with Crippen LogP contribution >= 0.6 is 11.8 Å². The van der Waals surface area contributed by atoms with Gasteiger partial charge in [-0.1, -0.05) is 43.0 Å². The Bertz CT molecular complexity index is 492. The summed E-state index contributed by atoms with van der Waals surface area (Å²) in [5.41, 5.74) is 8.65. The van der Waals surface area contributed by atoms with E-state index in [1.807, 2.05) is 6.92 Å². The van der Waals surface area contributed by atoms with Gasteiger partial charge < -0.3 is 5.73 Å². The highest BCUT2D eigenvalue weighted by molar-refractivity contribution is 7.99. The lowest BCUT2D eigenvalue weighted by Gasteiger charge is -2.10. The predicted molar refractivity (Wildman–Crippen MR) is 74.6 cm³/mol. The van der Waals surface area contributed by atoms with Gasteiger partial charge in [-0.05, 0) is 24.5 Å². The van der Waals surface area contributed by atoms with E-state index in [-0.39, 0.29) is 6.04 Å². The number of hydrogen-bond donors (Lipinski definition) is 2. The van der Waals surface area contributed by atoms with Gasteiger partial charge in [-0.25, -0.2) is 4.98 Å². The molecule has 0 radical (unpaired) electrons. The lowest BCUT2D eigenvalue weighted by Crippen LogP contribution is -2.13. The Labute approximate surface area is 111 Å². The van der Waals surface area contributed by atoms with Gasteiger partial charge in [0.1, 0.15) is 5.82 Å². The van der Waals surface area contributed by atoms with E-state index >= 15 is 0 Å². The molecular formula is C13H18N4S. The molecule has 0 aliphatic carbocycles. The molecule has 0 spiro atoms. The molecule has 1 unspecified atom stereocenters. The molecule has 96 valence electrons. The van der Waals surface area contributed by atoms with Crippen molar-refractivity contribution in [2.45, 2.75) is 31.5 Å². The van der Waals surface area contributed by atoms with Crippen LogP contribution in [0.3, 0.4) is 0 Å². The zero-order valence-corrected chi connectivity index (χ0v) is 11.5. The van der Waals surface area contributed by atoms with Gasteiger partial charge in [0.2, 0.25) is 5.16 Å². The normalized spacial score (nSPS) is 12.6. The van der Waals surface area contributed by atoms with Crippen LogP contribution in [0.2, 0.25) is 0 Å². The topological polar surface area (TPSA) is 67.6 Å². The zero-order chi connectivity index (χ0) is 13.0. The molecule has 0 saturated carbocycles. The number of aromatic nitrogens is 3. The van der Waals surface area contributed by atoms with Crippen LogP contribution in [0.5, 0.6) is 0 Å². The van der Waals surface area contributed by atoms with Crippen molar-refractivity contribution in [3.8, 4) is 0 Å². The van der Waals surface area contributed by atoms with Crippen LogP contribution in [0.4, 0.5) is 0 Å². The molecule has 0 saturated heterocycles. The number of rotatable bonds is 5. The number of nitrogens with zero attached hydrogens (tertiary/aromatic N) is 2. The molecule has 0 amide bonds. The largest absolute Gasteiger partial charge is 0.323 e. The molecule has 5 heteroatoms. The van der Waals surface area contributed by atoms with E-state index in [0.29, 0.717) is 0 Å². The minimum Gasteiger partial charge on any atom is -0.323 e. The first kappa shape index (κ1) is 13.1. The highest BCUT2D eigenvalue weighted by atomic mass is 32.2. The monoisotopic (exact) mass is 262 g/mol. The average Bonchev–Trinajstić information content (AvgIpc) is 2.82. The van der Waals surface area contributed by atoms with E-state index in [1.165, 1.54) is 5.56 Å². The molecule has 0 fully saturated rings. The Morgan fingerprint density at radius 1 is 1.33 bits per heavy atom. The maximum absolute atomic E-state index is 6.15. The van der Waals surface area contributed by atoms with Crippen molar-refractivity contribution in [2.75, 3.05) is 5.75 Å². The molecule has 0 bridgehead atoms. The van der Waals surface area contributed by atoms with Gasteiger partial charge in [0.15, 0.2) is 0 Å². The first-order valence-electron chi connectivity index (χ1n) is 6.05. The van der Waals surface area contributed by atoms with Gasteiger partial charge in [0.05, 0.1) is 0 Å². The van der Waals surface area contributed by atoms with Crippen molar-refractivity contribution in [1.29, 1.82) is 0 Å². The minimum atomic E-state index is 0.0136. The molecule has 1 aromatic heterocycles. The van der Waals surface area contributed by atoms with Gasteiger partial charge in [0, 0.05) is 11.8 Å². The fourth-order valence-corrected chi connectivity index (χ4v) is 2.48. The summed E-state index contributed by atoms with van der Waals surface area (Å²) in [6.07, 6.45) is 1.06. The summed E-state index contributed by atoms with van der Waals surface area (Å²) >= 11 is 1.58. The van der Waals surface area contributed by atoms with Crippen molar-refractivity contribution in [1.82, 2.24) is 15.2 Å². The lowest BCUT2D eigenvalue weighted by atomic mass is 10.1. The van der Waals surface area contributed by atoms with Gasteiger partial charge >= 0.3 is 0 Å². The number of hydrogen-bond acceptors (Lipinski definition) is 4. The first-order valence-corrected chi connectivity index (χ1v) is 7.04. The Morgan fingerprint density at radius 2 is 2.06 bits per heavy atom. The van der Waals surface area contributed by atoms with E-state index < -0.39 is 0 Å². The Kier molecular flexibility index (Phi) is 4.38. The van der Waals surface area contributed by atoms with Gasteiger partial charge in [-0.2, -0.15) is 0 Å². The average molecular weight is 262 g/mol. The van der Waals surface area contributed by atoms with E-state index in [1.54, 1.807) is 11.8 Å². The van der Waals surface area contributed by atoms with Crippen LogP contribution in [-0.4, -0.2) is 20.9 Å². The second kappa shape index (κ2) is 6.02. The Hall–Kier alpha value is -1.33. The summed E-state index contributed by atoms with van der Waals surface area (Å²) < 4.78 is 0. The molecule has 1 heterocycles. The van der Waals surface area contributed by atoms with Crippen LogP contribution < -0.4 is 5.73 Å². The summed E-state index contributed by atoms with van der Waals surface area (Å²) in [5.74, 6) is 1.61. The first-order chi connectivity index (χ1) is 8.69. The maximum atomic E-state index is 6.15. The number of thioether (sulfide) groups is 1. The van der Waals surface area contributed by atoms with Crippen LogP contribution in [-0.2, 0) is 6.42 Å². The molecule has 2 aromatic rings. The fourth-order valence-electron chi connectivity index (χ4n) is 1.65. The fraction of sp³-hybridized carbons (Fsp3) is 0.385. The minimum absolute atomic E-state index is 0.0136. The van der Waals surface area contributed by atoms with Crippen molar-refractivity contribution in [3.05, 3.63) is 41.2 Å². The summed E-state index contributed by atoms with van der Waals surface area (Å²) in [7, 11) is 0. The molecule has 0 aliphatic rings.